The first-order valence-corrected chi connectivity index (χ1v) is 9.29. The van der Waals surface area contributed by atoms with E-state index in [1.165, 1.54) is 5.56 Å². The molecule has 0 aliphatic rings. The number of nitrogens with two attached hydrogens (primary N) is 1. The second-order valence-corrected chi connectivity index (χ2v) is 6.89. The summed E-state index contributed by atoms with van der Waals surface area (Å²) in [4.78, 5) is 13.3. The van der Waals surface area contributed by atoms with Gasteiger partial charge in [-0.1, -0.05) is 41.9 Å². The number of anilines is 1. The smallest absolute Gasteiger partial charge is 0.220 e. The maximum absolute atomic E-state index is 5.99. The molecule has 0 radical (unpaired) electrons. The van der Waals surface area contributed by atoms with Gasteiger partial charge in [0.25, 0.3) is 0 Å². The van der Waals surface area contributed by atoms with Crippen molar-refractivity contribution in [1.29, 1.82) is 0 Å². The highest BCUT2D eigenvalue weighted by Gasteiger charge is 2.09. The van der Waals surface area contributed by atoms with Crippen molar-refractivity contribution in [2.24, 2.45) is 0 Å². The second-order valence-electron chi connectivity index (χ2n) is 6.46. The van der Waals surface area contributed by atoms with Crippen LogP contribution >= 0.6 is 11.6 Å². The van der Waals surface area contributed by atoms with E-state index in [-0.39, 0.29) is 0 Å². The molecule has 5 heteroatoms. The fourth-order valence-electron chi connectivity index (χ4n) is 3.24. The summed E-state index contributed by atoms with van der Waals surface area (Å²) < 4.78 is 0. The predicted molar refractivity (Wildman–Crippen MR) is 111 cm³/mol. The molecule has 2 heterocycles. The Labute approximate surface area is 163 Å². The maximum atomic E-state index is 5.99. The molecule has 0 bridgehead atoms. The van der Waals surface area contributed by atoms with Crippen LogP contribution in [0.1, 0.15) is 17.7 Å². The number of aromatic nitrogens is 3. The van der Waals surface area contributed by atoms with E-state index in [9.17, 15) is 0 Å². The molecule has 2 aromatic carbocycles. The second kappa shape index (κ2) is 7.72. The van der Waals surface area contributed by atoms with Crippen molar-refractivity contribution < 1.29 is 0 Å². The molecule has 27 heavy (non-hydrogen) atoms. The Hall–Kier alpha value is -2.98. The van der Waals surface area contributed by atoms with Gasteiger partial charge >= 0.3 is 0 Å². The van der Waals surface area contributed by atoms with E-state index in [1.54, 1.807) is 6.20 Å². The van der Waals surface area contributed by atoms with Crippen LogP contribution in [0.2, 0.25) is 5.02 Å². The van der Waals surface area contributed by atoms with E-state index in [1.807, 2.05) is 42.5 Å². The first-order valence-electron chi connectivity index (χ1n) is 8.91. The Balaban J connectivity index is 1.57. The monoisotopic (exact) mass is 374 g/mol. The third-order valence-electron chi connectivity index (χ3n) is 4.53. The summed E-state index contributed by atoms with van der Waals surface area (Å²) in [6, 6.07) is 20.0. The molecule has 0 spiro atoms. The molecule has 0 amide bonds. The molecule has 0 aliphatic carbocycles. The Morgan fingerprint density at radius 1 is 0.889 bits per heavy atom. The van der Waals surface area contributed by atoms with Crippen molar-refractivity contribution in [2.45, 2.75) is 19.3 Å². The van der Waals surface area contributed by atoms with Crippen LogP contribution in [0.5, 0.6) is 0 Å². The average molecular weight is 375 g/mol. The number of nitrogens with zero attached hydrogens (tertiary/aromatic N) is 3. The summed E-state index contributed by atoms with van der Waals surface area (Å²) in [5.74, 6) is 0.301. The van der Waals surface area contributed by atoms with E-state index in [0.717, 1.165) is 52.1 Å². The van der Waals surface area contributed by atoms with Crippen LogP contribution in [0.25, 0.3) is 22.2 Å². The number of nitrogen functional groups attached to an aromatic ring is 1. The Bertz CT molecular complexity index is 1070. The normalized spacial score (nSPS) is 11.0. The summed E-state index contributed by atoms with van der Waals surface area (Å²) in [6.45, 7) is 0. The number of aryl methyl sites for hydroxylation is 2. The number of benzene rings is 2. The van der Waals surface area contributed by atoms with E-state index < -0.39 is 0 Å². The molecular weight excluding hydrogens is 356 g/mol. The Kier molecular flexibility index (Phi) is 4.99. The lowest BCUT2D eigenvalue weighted by Crippen LogP contribution is -2.02. The van der Waals surface area contributed by atoms with Crippen LogP contribution in [0, 0.1) is 0 Å². The van der Waals surface area contributed by atoms with Gasteiger partial charge in [0.2, 0.25) is 5.95 Å². The van der Waals surface area contributed by atoms with Crippen molar-refractivity contribution in [1.82, 2.24) is 15.0 Å². The van der Waals surface area contributed by atoms with Crippen LogP contribution in [0.15, 0.2) is 66.9 Å². The van der Waals surface area contributed by atoms with E-state index in [2.05, 4.69) is 33.2 Å². The van der Waals surface area contributed by atoms with Crippen molar-refractivity contribution >= 4 is 28.5 Å². The van der Waals surface area contributed by atoms with Gasteiger partial charge in [0.15, 0.2) is 0 Å². The van der Waals surface area contributed by atoms with Crippen LogP contribution in [-0.4, -0.2) is 15.0 Å². The number of rotatable bonds is 5. The summed E-state index contributed by atoms with van der Waals surface area (Å²) in [5, 5.41) is 1.82. The molecule has 2 aromatic heterocycles. The summed E-state index contributed by atoms with van der Waals surface area (Å²) in [6.07, 6.45) is 4.58. The molecule has 4 nitrogen and oxygen atoms in total. The Morgan fingerprint density at radius 2 is 1.74 bits per heavy atom. The minimum atomic E-state index is 0.301. The van der Waals surface area contributed by atoms with Gasteiger partial charge in [-0.2, -0.15) is 0 Å². The fraction of sp³-hybridized carbons (Fsp3) is 0.136. The van der Waals surface area contributed by atoms with Gasteiger partial charge in [0.05, 0.1) is 11.2 Å². The molecule has 0 fully saturated rings. The van der Waals surface area contributed by atoms with E-state index >= 15 is 0 Å². The minimum absolute atomic E-state index is 0.301. The number of hydrogen-bond acceptors (Lipinski definition) is 4. The average Bonchev–Trinajstić information content (AvgIpc) is 2.69. The zero-order valence-corrected chi connectivity index (χ0v) is 15.5. The molecule has 2 N–H and O–H groups in total. The molecule has 0 saturated heterocycles. The van der Waals surface area contributed by atoms with Crippen molar-refractivity contribution in [3.8, 4) is 11.3 Å². The van der Waals surface area contributed by atoms with Gasteiger partial charge in [0, 0.05) is 27.9 Å². The van der Waals surface area contributed by atoms with Gasteiger partial charge in [-0.15, -0.1) is 0 Å². The van der Waals surface area contributed by atoms with Crippen LogP contribution in [-0.2, 0) is 12.8 Å². The number of pyridine rings is 1. The third kappa shape index (κ3) is 4.07. The predicted octanol–water partition coefficient (Wildman–Crippen LogP) is 5.10. The van der Waals surface area contributed by atoms with Gasteiger partial charge in [-0.3, -0.25) is 4.98 Å². The number of halogens is 1. The Morgan fingerprint density at radius 3 is 2.59 bits per heavy atom. The van der Waals surface area contributed by atoms with Gasteiger partial charge in [-0.05, 0) is 55.2 Å². The van der Waals surface area contributed by atoms with Gasteiger partial charge in [0.1, 0.15) is 0 Å². The van der Waals surface area contributed by atoms with E-state index in [0.29, 0.717) is 5.95 Å². The molecule has 0 atom stereocenters. The number of hydrogen-bond donors (Lipinski definition) is 1. The van der Waals surface area contributed by atoms with Crippen LogP contribution < -0.4 is 5.73 Å². The number of fused-ring (bicyclic) bond motifs is 1. The molecule has 0 aliphatic heterocycles. The first kappa shape index (κ1) is 17.4. The highest BCUT2D eigenvalue weighted by Crippen LogP contribution is 2.27. The van der Waals surface area contributed by atoms with Crippen molar-refractivity contribution in [3.05, 3.63) is 83.1 Å². The van der Waals surface area contributed by atoms with Crippen LogP contribution in [0.4, 0.5) is 5.95 Å². The van der Waals surface area contributed by atoms with Gasteiger partial charge < -0.3 is 5.73 Å². The topological polar surface area (TPSA) is 64.7 Å². The van der Waals surface area contributed by atoms with Crippen molar-refractivity contribution in [2.75, 3.05) is 5.73 Å². The van der Waals surface area contributed by atoms with Gasteiger partial charge in [-0.25, -0.2) is 9.97 Å². The lowest BCUT2D eigenvalue weighted by Gasteiger charge is -2.09. The highest BCUT2D eigenvalue weighted by atomic mass is 35.5. The molecule has 4 rings (SSSR count). The maximum Gasteiger partial charge on any atom is 0.220 e. The standard InChI is InChI=1S/C22H19ClN4/c23-16-11-9-15(10-12-16)4-1-5-17-14-21(27-22(24)26-17)19-6-2-8-20-18(19)7-3-13-25-20/h2-3,6-14H,1,4-5H2,(H2,24,26,27). The lowest BCUT2D eigenvalue weighted by molar-refractivity contribution is 0.797. The largest absolute Gasteiger partial charge is 0.368 e. The highest BCUT2D eigenvalue weighted by molar-refractivity contribution is 6.30. The quantitative estimate of drug-likeness (QED) is 0.527. The zero-order chi connectivity index (χ0) is 18.6. The fourth-order valence-corrected chi connectivity index (χ4v) is 3.36. The molecule has 4 aromatic rings. The first-order chi connectivity index (χ1) is 13.2. The van der Waals surface area contributed by atoms with E-state index in [4.69, 9.17) is 17.3 Å². The SMILES string of the molecule is Nc1nc(CCCc2ccc(Cl)cc2)cc(-c2cccc3ncccc23)n1. The minimum Gasteiger partial charge on any atom is -0.368 e. The third-order valence-corrected chi connectivity index (χ3v) is 4.78. The van der Waals surface area contributed by atoms with Crippen LogP contribution in [0.3, 0.4) is 0 Å². The summed E-state index contributed by atoms with van der Waals surface area (Å²) in [5.41, 5.74) is 11.0. The molecule has 134 valence electrons. The van der Waals surface area contributed by atoms with Crippen molar-refractivity contribution in [3.63, 3.8) is 0 Å². The lowest BCUT2D eigenvalue weighted by atomic mass is 10.0. The molecular formula is C22H19ClN4. The summed E-state index contributed by atoms with van der Waals surface area (Å²) >= 11 is 5.94. The zero-order valence-electron chi connectivity index (χ0n) is 14.8. The molecule has 0 unspecified atom stereocenters. The molecule has 0 saturated carbocycles. The summed E-state index contributed by atoms with van der Waals surface area (Å²) in [7, 11) is 0.